The molecular weight excluding hydrogens is 188 g/mol. The number of rotatable bonds is 7. The Hall–Kier alpha value is -0.770. The number of hydrogen-bond acceptors (Lipinski definition) is 2. The summed E-state index contributed by atoms with van der Waals surface area (Å²) in [6.07, 6.45) is 2.19. The molecule has 0 bridgehead atoms. The third-order valence-electron chi connectivity index (χ3n) is 2.07. The van der Waals surface area contributed by atoms with Crippen molar-refractivity contribution < 1.29 is 0 Å². The van der Waals surface area contributed by atoms with Crippen LogP contribution in [0.15, 0.2) is 4.99 Å². The molecule has 0 aliphatic carbocycles. The van der Waals surface area contributed by atoms with E-state index in [1.807, 2.05) is 0 Å². The van der Waals surface area contributed by atoms with Crippen LogP contribution in [0.1, 0.15) is 26.7 Å². The summed E-state index contributed by atoms with van der Waals surface area (Å²) >= 11 is 0. The molecule has 15 heavy (non-hydrogen) atoms. The fourth-order valence-corrected chi connectivity index (χ4v) is 1.13. The van der Waals surface area contributed by atoms with Crippen LogP contribution < -0.4 is 11.1 Å². The first-order chi connectivity index (χ1) is 7.02. The third-order valence-corrected chi connectivity index (χ3v) is 2.07. The van der Waals surface area contributed by atoms with Crippen molar-refractivity contribution in [2.24, 2.45) is 16.6 Å². The van der Waals surface area contributed by atoms with E-state index in [-0.39, 0.29) is 0 Å². The van der Waals surface area contributed by atoms with Crippen molar-refractivity contribution in [1.82, 2.24) is 10.2 Å². The molecule has 0 aromatic carbocycles. The van der Waals surface area contributed by atoms with E-state index in [0.717, 1.165) is 32.5 Å². The quantitative estimate of drug-likeness (QED) is 0.376. The van der Waals surface area contributed by atoms with E-state index in [9.17, 15) is 0 Å². The maximum atomic E-state index is 5.70. The summed E-state index contributed by atoms with van der Waals surface area (Å²) in [6, 6.07) is 0. The van der Waals surface area contributed by atoms with Gasteiger partial charge in [-0.05, 0) is 39.4 Å². The van der Waals surface area contributed by atoms with Crippen LogP contribution in [0.3, 0.4) is 0 Å². The monoisotopic (exact) mass is 214 g/mol. The summed E-state index contributed by atoms with van der Waals surface area (Å²) in [5.74, 6) is 1.29. The van der Waals surface area contributed by atoms with Gasteiger partial charge < -0.3 is 16.0 Å². The molecule has 4 heteroatoms. The highest BCUT2D eigenvalue weighted by Gasteiger charge is 1.95. The van der Waals surface area contributed by atoms with E-state index < -0.39 is 0 Å². The molecule has 3 N–H and O–H groups in total. The number of aliphatic imine (C=N–C) groups is 1. The van der Waals surface area contributed by atoms with E-state index >= 15 is 0 Å². The van der Waals surface area contributed by atoms with Crippen molar-refractivity contribution in [2.75, 3.05) is 33.7 Å². The van der Waals surface area contributed by atoms with Crippen LogP contribution in [-0.2, 0) is 0 Å². The minimum atomic E-state index is 0.578. The van der Waals surface area contributed by atoms with Gasteiger partial charge in [0.25, 0.3) is 0 Å². The first kappa shape index (κ1) is 14.2. The lowest BCUT2D eigenvalue weighted by Crippen LogP contribution is -2.33. The van der Waals surface area contributed by atoms with Gasteiger partial charge in [0.1, 0.15) is 0 Å². The lowest BCUT2D eigenvalue weighted by atomic mass is 10.1. The van der Waals surface area contributed by atoms with Crippen LogP contribution in [0, 0.1) is 5.92 Å². The highest BCUT2D eigenvalue weighted by atomic mass is 15.1. The maximum absolute atomic E-state index is 5.70. The second-order valence-corrected chi connectivity index (χ2v) is 4.53. The average Bonchev–Trinajstić information content (AvgIpc) is 2.11. The molecule has 0 atom stereocenters. The first-order valence-electron chi connectivity index (χ1n) is 5.71. The summed E-state index contributed by atoms with van der Waals surface area (Å²) in [6.45, 7) is 7.18. The number of hydrogen-bond donors (Lipinski definition) is 2. The Bertz CT molecular complexity index is 175. The van der Waals surface area contributed by atoms with E-state index in [2.05, 4.69) is 43.2 Å². The summed E-state index contributed by atoms with van der Waals surface area (Å²) < 4.78 is 0. The van der Waals surface area contributed by atoms with Gasteiger partial charge in [-0.15, -0.1) is 0 Å². The first-order valence-corrected chi connectivity index (χ1v) is 5.71. The van der Waals surface area contributed by atoms with E-state index in [0.29, 0.717) is 11.9 Å². The summed E-state index contributed by atoms with van der Waals surface area (Å²) in [5.41, 5.74) is 5.70. The highest BCUT2D eigenvalue weighted by Crippen LogP contribution is 1.95. The SMILES string of the molecule is CC(C)CCNC(N)=NCCCN(C)C. The molecule has 0 saturated carbocycles. The van der Waals surface area contributed by atoms with Crippen LogP contribution >= 0.6 is 0 Å². The molecular formula is C11H26N4. The molecule has 0 aromatic rings. The van der Waals surface area contributed by atoms with Gasteiger partial charge in [0.05, 0.1) is 0 Å². The molecule has 4 nitrogen and oxygen atoms in total. The van der Waals surface area contributed by atoms with Gasteiger partial charge in [-0.3, -0.25) is 4.99 Å². The lowest BCUT2D eigenvalue weighted by molar-refractivity contribution is 0.403. The average molecular weight is 214 g/mol. The van der Waals surface area contributed by atoms with Crippen LogP contribution in [0.4, 0.5) is 0 Å². The Morgan fingerprint density at radius 2 is 2.07 bits per heavy atom. The fourth-order valence-electron chi connectivity index (χ4n) is 1.13. The number of guanidine groups is 1. The normalized spacial score (nSPS) is 12.5. The van der Waals surface area contributed by atoms with Crippen molar-refractivity contribution in [3.8, 4) is 0 Å². The zero-order valence-corrected chi connectivity index (χ0v) is 10.6. The minimum absolute atomic E-state index is 0.578. The summed E-state index contributed by atoms with van der Waals surface area (Å²) in [5, 5.41) is 3.12. The molecule has 0 rings (SSSR count). The Balaban J connectivity index is 3.44. The molecule has 90 valence electrons. The molecule has 0 aromatic heterocycles. The molecule has 0 amide bonds. The molecule has 0 radical (unpaired) electrons. The third kappa shape index (κ3) is 11.2. The lowest BCUT2D eigenvalue weighted by Gasteiger charge is -2.09. The zero-order valence-electron chi connectivity index (χ0n) is 10.6. The second-order valence-electron chi connectivity index (χ2n) is 4.53. The number of nitrogens with zero attached hydrogens (tertiary/aromatic N) is 2. The molecule has 0 aliphatic rings. The Morgan fingerprint density at radius 1 is 1.40 bits per heavy atom. The zero-order chi connectivity index (χ0) is 11.7. The molecule has 0 aliphatic heterocycles. The van der Waals surface area contributed by atoms with Gasteiger partial charge in [0.2, 0.25) is 0 Å². The predicted molar refractivity (Wildman–Crippen MR) is 67.1 cm³/mol. The standard InChI is InChI=1S/C11H26N4/c1-10(2)6-8-14-11(12)13-7-5-9-15(3)4/h10H,5-9H2,1-4H3,(H3,12,13,14). The van der Waals surface area contributed by atoms with Crippen LogP contribution in [0.5, 0.6) is 0 Å². The van der Waals surface area contributed by atoms with Crippen molar-refractivity contribution in [3.05, 3.63) is 0 Å². The fraction of sp³-hybridized carbons (Fsp3) is 0.909. The van der Waals surface area contributed by atoms with Gasteiger partial charge in [-0.1, -0.05) is 13.8 Å². The van der Waals surface area contributed by atoms with Gasteiger partial charge in [0, 0.05) is 13.1 Å². The topological polar surface area (TPSA) is 53.6 Å². The second kappa shape index (κ2) is 8.53. The molecule has 0 spiro atoms. The predicted octanol–water partition coefficient (Wildman–Crippen LogP) is 0.889. The van der Waals surface area contributed by atoms with E-state index in [4.69, 9.17) is 5.73 Å². The van der Waals surface area contributed by atoms with E-state index in [1.54, 1.807) is 0 Å². The number of nitrogens with one attached hydrogen (secondary N) is 1. The summed E-state index contributed by atoms with van der Waals surface area (Å²) in [7, 11) is 4.13. The largest absolute Gasteiger partial charge is 0.370 e. The smallest absolute Gasteiger partial charge is 0.188 e. The van der Waals surface area contributed by atoms with Gasteiger partial charge >= 0.3 is 0 Å². The van der Waals surface area contributed by atoms with Crippen molar-refractivity contribution in [3.63, 3.8) is 0 Å². The Kier molecular flexibility index (Phi) is 8.09. The van der Waals surface area contributed by atoms with Crippen molar-refractivity contribution in [2.45, 2.75) is 26.7 Å². The molecule has 0 saturated heterocycles. The van der Waals surface area contributed by atoms with Crippen LogP contribution in [0.25, 0.3) is 0 Å². The van der Waals surface area contributed by atoms with E-state index in [1.165, 1.54) is 0 Å². The Morgan fingerprint density at radius 3 is 2.60 bits per heavy atom. The maximum Gasteiger partial charge on any atom is 0.188 e. The van der Waals surface area contributed by atoms with Gasteiger partial charge in [-0.2, -0.15) is 0 Å². The van der Waals surface area contributed by atoms with Crippen LogP contribution in [0.2, 0.25) is 0 Å². The van der Waals surface area contributed by atoms with Crippen molar-refractivity contribution in [1.29, 1.82) is 0 Å². The molecule has 0 unspecified atom stereocenters. The number of nitrogens with two attached hydrogens (primary N) is 1. The van der Waals surface area contributed by atoms with Gasteiger partial charge in [-0.25, -0.2) is 0 Å². The summed E-state index contributed by atoms with van der Waals surface area (Å²) in [4.78, 5) is 6.40. The molecule has 0 fully saturated rings. The molecule has 0 heterocycles. The minimum Gasteiger partial charge on any atom is -0.370 e. The van der Waals surface area contributed by atoms with Gasteiger partial charge in [0.15, 0.2) is 5.96 Å². The van der Waals surface area contributed by atoms with Crippen LogP contribution in [-0.4, -0.2) is 44.6 Å². The highest BCUT2D eigenvalue weighted by molar-refractivity contribution is 5.77. The van der Waals surface area contributed by atoms with Crippen molar-refractivity contribution >= 4 is 5.96 Å². The Labute approximate surface area is 93.9 Å².